The van der Waals surface area contributed by atoms with Crippen LogP contribution in [0.2, 0.25) is 5.02 Å². The van der Waals surface area contributed by atoms with Crippen LogP contribution in [0.4, 0.5) is 0 Å². The van der Waals surface area contributed by atoms with Gasteiger partial charge in [-0.3, -0.25) is 0 Å². The van der Waals surface area contributed by atoms with Crippen LogP contribution < -0.4 is 10.1 Å². The summed E-state index contributed by atoms with van der Waals surface area (Å²) in [6, 6.07) is 7.27. The fourth-order valence-corrected chi connectivity index (χ4v) is 2.63. The lowest BCUT2D eigenvalue weighted by atomic mass is 9.99. The molecule has 0 radical (unpaired) electrons. The van der Waals surface area contributed by atoms with E-state index in [1.165, 1.54) is 0 Å². The van der Waals surface area contributed by atoms with Crippen molar-refractivity contribution in [3.63, 3.8) is 0 Å². The van der Waals surface area contributed by atoms with Crippen LogP contribution in [0.25, 0.3) is 0 Å². The molecule has 5 nitrogen and oxygen atoms in total. The van der Waals surface area contributed by atoms with Crippen LogP contribution in [0.3, 0.4) is 0 Å². The molecule has 1 aliphatic heterocycles. The van der Waals surface area contributed by atoms with Gasteiger partial charge in [0.15, 0.2) is 11.9 Å². The van der Waals surface area contributed by atoms with Gasteiger partial charge in [-0.15, -0.1) is 0 Å². The summed E-state index contributed by atoms with van der Waals surface area (Å²) in [5.41, 5.74) is 0. The fraction of sp³-hybridized carbons (Fsp3) is 0.467. The van der Waals surface area contributed by atoms with Crippen molar-refractivity contribution in [1.82, 2.24) is 15.5 Å². The molecule has 0 bridgehead atoms. The Kier molecular flexibility index (Phi) is 4.41. The summed E-state index contributed by atoms with van der Waals surface area (Å²) in [4.78, 5) is 4.48. The maximum atomic E-state index is 5.94. The number of nitrogens with one attached hydrogen (secondary N) is 1. The maximum absolute atomic E-state index is 5.94. The second-order valence-corrected chi connectivity index (χ2v) is 5.69. The minimum Gasteiger partial charge on any atom is -0.481 e. The molecule has 6 heteroatoms. The van der Waals surface area contributed by atoms with Crippen molar-refractivity contribution in [1.29, 1.82) is 0 Å². The third-order valence-corrected chi connectivity index (χ3v) is 3.81. The maximum Gasteiger partial charge on any atom is 0.267 e. The Hall–Kier alpha value is -1.59. The molecule has 0 saturated carbocycles. The first-order valence-electron chi connectivity index (χ1n) is 7.19. The van der Waals surface area contributed by atoms with Gasteiger partial charge >= 0.3 is 0 Å². The van der Waals surface area contributed by atoms with Gasteiger partial charge in [-0.25, -0.2) is 0 Å². The summed E-state index contributed by atoms with van der Waals surface area (Å²) in [6.07, 6.45) is 1.93. The summed E-state index contributed by atoms with van der Waals surface area (Å²) < 4.78 is 11.1. The van der Waals surface area contributed by atoms with Gasteiger partial charge in [0.05, 0.1) is 0 Å². The van der Waals surface area contributed by atoms with Gasteiger partial charge in [0.2, 0.25) is 0 Å². The molecule has 0 amide bonds. The van der Waals surface area contributed by atoms with Crippen molar-refractivity contribution in [3.05, 3.63) is 41.0 Å². The van der Waals surface area contributed by atoms with Crippen LogP contribution in [0.1, 0.15) is 43.5 Å². The van der Waals surface area contributed by atoms with E-state index < -0.39 is 0 Å². The second kappa shape index (κ2) is 6.45. The molecule has 1 fully saturated rings. The van der Waals surface area contributed by atoms with Crippen molar-refractivity contribution >= 4 is 11.6 Å². The molecule has 1 aromatic heterocycles. The number of ether oxygens (including phenoxy) is 1. The topological polar surface area (TPSA) is 60.2 Å². The number of aromatic nitrogens is 2. The molecule has 2 unspecified atom stereocenters. The van der Waals surface area contributed by atoms with E-state index in [0.29, 0.717) is 22.6 Å². The van der Waals surface area contributed by atoms with Crippen molar-refractivity contribution < 1.29 is 9.26 Å². The highest BCUT2D eigenvalue weighted by Gasteiger charge is 2.23. The van der Waals surface area contributed by atoms with E-state index in [1.54, 1.807) is 12.1 Å². The van der Waals surface area contributed by atoms with Gasteiger partial charge in [-0.2, -0.15) is 4.98 Å². The summed E-state index contributed by atoms with van der Waals surface area (Å²) in [7, 11) is 0. The predicted molar refractivity (Wildman–Crippen MR) is 79.6 cm³/mol. The Morgan fingerprint density at radius 1 is 1.48 bits per heavy atom. The van der Waals surface area contributed by atoms with E-state index in [9.17, 15) is 0 Å². The number of hydrogen-bond donors (Lipinski definition) is 1. The first kappa shape index (κ1) is 14.4. The lowest BCUT2D eigenvalue weighted by Crippen LogP contribution is -2.28. The Bertz CT molecular complexity index is 596. The van der Waals surface area contributed by atoms with E-state index in [2.05, 4.69) is 15.5 Å². The number of nitrogens with zero attached hydrogens (tertiary/aromatic N) is 2. The summed E-state index contributed by atoms with van der Waals surface area (Å²) in [5.74, 6) is 2.28. The Morgan fingerprint density at radius 3 is 3.14 bits per heavy atom. The third kappa shape index (κ3) is 3.54. The molecule has 1 saturated heterocycles. The lowest BCUT2D eigenvalue weighted by Gasteiger charge is -2.19. The Morgan fingerprint density at radius 2 is 2.38 bits per heavy atom. The van der Waals surface area contributed by atoms with E-state index >= 15 is 0 Å². The minimum atomic E-state index is -0.304. The quantitative estimate of drug-likeness (QED) is 0.939. The molecule has 112 valence electrons. The van der Waals surface area contributed by atoms with E-state index in [-0.39, 0.29) is 6.10 Å². The zero-order valence-electron chi connectivity index (χ0n) is 11.9. The third-order valence-electron chi connectivity index (χ3n) is 3.58. The van der Waals surface area contributed by atoms with Gasteiger partial charge in [-0.1, -0.05) is 22.8 Å². The molecule has 2 heterocycles. The van der Waals surface area contributed by atoms with E-state index in [1.807, 2.05) is 19.1 Å². The normalized spacial score (nSPS) is 20.2. The summed E-state index contributed by atoms with van der Waals surface area (Å²) >= 11 is 5.94. The van der Waals surface area contributed by atoms with Crippen molar-refractivity contribution in [2.75, 3.05) is 13.1 Å². The van der Waals surface area contributed by atoms with Crippen molar-refractivity contribution in [2.45, 2.75) is 31.8 Å². The monoisotopic (exact) mass is 307 g/mol. The Balaban J connectivity index is 1.67. The average molecular weight is 308 g/mol. The van der Waals surface area contributed by atoms with Crippen LogP contribution in [-0.2, 0) is 0 Å². The van der Waals surface area contributed by atoms with Gasteiger partial charge in [-0.05, 0) is 44.5 Å². The van der Waals surface area contributed by atoms with Crippen LogP contribution in [0, 0.1) is 0 Å². The molecular formula is C15H18ClN3O2. The fourth-order valence-electron chi connectivity index (χ4n) is 2.45. The molecular weight excluding hydrogens is 290 g/mol. The smallest absolute Gasteiger partial charge is 0.267 e. The number of halogens is 1. The van der Waals surface area contributed by atoms with Gasteiger partial charge < -0.3 is 14.6 Å². The molecule has 1 aromatic carbocycles. The highest BCUT2D eigenvalue weighted by atomic mass is 35.5. The van der Waals surface area contributed by atoms with E-state index in [0.717, 1.165) is 31.8 Å². The molecule has 1 aliphatic rings. The molecule has 2 aromatic rings. The highest BCUT2D eigenvalue weighted by Crippen LogP contribution is 2.25. The second-order valence-electron chi connectivity index (χ2n) is 5.25. The average Bonchev–Trinajstić information content (AvgIpc) is 2.98. The highest BCUT2D eigenvalue weighted by molar-refractivity contribution is 6.30. The molecule has 1 N–H and O–H groups in total. The van der Waals surface area contributed by atoms with Crippen LogP contribution >= 0.6 is 11.6 Å². The zero-order chi connectivity index (χ0) is 14.7. The number of benzene rings is 1. The standard InChI is InChI=1S/C15H18ClN3O2/c1-10(20-13-6-2-5-12(16)8-13)15-18-14(19-21-15)11-4-3-7-17-9-11/h2,5-6,8,10-11,17H,3-4,7,9H2,1H3. The lowest BCUT2D eigenvalue weighted by molar-refractivity contribution is 0.175. The first-order valence-corrected chi connectivity index (χ1v) is 7.56. The number of rotatable bonds is 4. The van der Waals surface area contributed by atoms with Crippen LogP contribution in [-0.4, -0.2) is 23.2 Å². The molecule has 21 heavy (non-hydrogen) atoms. The number of piperidine rings is 1. The van der Waals surface area contributed by atoms with Crippen LogP contribution in [0.5, 0.6) is 5.75 Å². The molecule has 0 aliphatic carbocycles. The number of hydrogen-bond acceptors (Lipinski definition) is 5. The van der Waals surface area contributed by atoms with Crippen LogP contribution in [0.15, 0.2) is 28.8 Å². The van der Waals surface area contributed by atoms with Gasteiger partial charge in [0.25, 0.3) is 5.89 Å². The zero-order valence-corrected chi connectivity index (χ0v) is 12.6. The molecule has 0 spiro atoms. The molecule has 2 atom stereocenters. The van der Waals surface area contributed by atoms with Gasteiger partial charge in [0, 0.05) is 17.5 Å². The largest absolute Gasteiger partial charge is 0.481 e. The summed E-state index contributed by atoms with van der Waals surface area (Å²) in [6.45, 7) is 3.86. The van der Waals surface area contributed by atoms with E-state index in [4.69, 9.17) is 20.9 Å². The Labute approximate surface area is 128 Å². The molecule has 3 rings (SSSR count). The SMILES string of the molecule is CC(Oc1cccc(Cl)c1)c1nc(C2CCCNC2)no1. The first-order chi connectivity index (χ1) is 10.2. The van der Waals surface area contributed by atoms with Crippen molar-refractivity contribution in [3.8, 4) is 5.75 Å². The summed E-state index contributed by atoms with van der Waals surface area (Å²) in [5, 5.41) is 8.08. The predicted octanol–water partition coefficient (Wildman–Crippen LogP) is 3.33. The minimum absolute atomic E-state index is 0.304. The van der Waals surface area contributed by atoms with Crippen molar-refractivity contribution in [2.24, 2.45) is 0 Å². The van der Waals surface area contributed by atoms with Gasteiger partial charge in [0.1, 0.15) is 5.75 Å².